The van der Waals surface area contributed by atoms with Gasteiger partial charge in [-0.3, -0.25) is 4.72 Å². The number of nitrogens with one attached hydrogen (secondary N) is 2. The Hall–Kier alpha value is -0.660. The van der Waals surface area contributed by atoms with E-state index >= 15 is 0 Å². The molecular formula is C11H18BrN3O2S. The topological polar surface area (TPSA) is 71.1 Å². The van der Waals surface area contributed by atoms with Gasteiger partial charge >= 0.3 is 0 Å². The maximum absolute atomic E-state index is 11.7. The van der Waals surface area contributed by atoms with Gasteiger partial charge in [0.05, 0.1) is 5.75 Å². The first-order valence-electron chi connectivity index (χ1n) is 5.86. The minimum Gasteiger partial charge on any atom is -0.317 e. The van der Waals surface area contributed by atoms with E-state index in [1.165, 1.54) is 0 Å². The maximum atomic E-state index is 11.7. The zero-order valence-corrected chi connectivity index (χ0v) is 12.7. The molecule has 0 fully saturated rings. The van der Waals surface area contributed by atoms with Gasteiger partial charge < -0.3 is 5.32 Å². The van der Waals surface area contributed by atoms with E-state index in [9.17, 15) is 8.42 Å². The molecule has 0 unspecified atom stereocenters. The van der Waals surface area contributed by atoms with Crippen molar-refractivity contribution in [2.45, 2.75) is 19.8 Å². The van der Waals surface area contributed by atoms with E-state index in [1.54, 1.807) is 18.3 Å². The zero-order valence-electron chi connectivity index (χ0n) is 10.3. The molecule has 0 atom stereocenters. The lowest BCUT2D eigenvalue weighted by Gasteiger charge is -2.07. The summed E-state index contributed by atoms with van der Waals surface area (Å²) in [4.78, 5) is 3.97. The maximum Gasteiger partial charge on any atom is 0.233 e. The first kappa shape index (κ1) is 15.4. The lowest BCUT2D eigenvalue weighted by atomic mass is 10.3. The average molecular weight is 336 g/mol. The molecule has 0 saturated carbocycles. The Balaban J connectivity index is 2.37. The summed E-state index contributed by atoms with van der Waals surface area (Å²) in [5.74, 6) is 0.473. The average Bonchev–Trinajstić information content (AvgIpc) is 2.31. The molecule has 0 spiro atoms. The second-order valence-corrected chi connectivity index (χ2v) is 6.60. The Bertz CT molecular complexity index is 448. The van der Waals surface area contributed by atoms with Crippen LogP contribution in [0.2, 0.25) is 0 Å². The van der Waals surface area contributed by atoms with Gasteiger partial charge in [-0.05, 0) is 54.0 Å². The smallest absolute Gasteiger partial charge is 0.233 e. The van der Waals surface area contributed by atoms with Crippen molar-refractivity contribution in [3.8, 4) is 0 Å². The van der Waals surface area contributed by atoms with E-state index in [-0.39, 0.29) is 5.75 Å². The molecule has 18 heavy (non-hydrogen) atoms. The van der Waals surface area contributed by atoms with Crippen LogP contribution in [0, 0.1) is 0 Å². The Morgan fingerprint density at radius 2 is 2.11 bits per heavy atom. The van der Waals surface area contributed by atoms with E-state index < -0.39 is 10.0 Å². The van der Waals surface area contributed by atoms with E-state index in [0.717, 1.165) is 24.0 Å². The van der Waals surface area contributed by atoms with Crippen molar-refractivity contribution in [3.63, 3.8) is 0 Å². The minimum absolute atomic E-state index is 0.121. The predicted molar refractivity (Wildman–Crippen MR) is 77.1 cm³/mol. The number of hydrogen-bond donors (Lipinski definition) is 2. The molecule has 102 valence electrons. The van der Waals surface area contributed by atoms with Gasteiger partial charge in [0.1, 0.15) is 5.82 Å². The van der Waals surface area contributed by atoms with Gasteiger partial charge in [-0.2, -0.15) is 0 Å². The number of pyridine rings is 1. The molecule has 1 aromatic rings. The molecule has 1 rings (SSSR count). The van der Waals surface area contributed by atoms with Gasteiger partial charge in [-0.1, -0.05) is 6.92 Å². The SMILES string of the molecule is CCNCCCCS(=O)(=O)Nc1ccc(Br)cn1. The predicted octanol–water partition coefficient (Wildman–Crippen LogP) is 1.98. The standard InChI is InChI=1S/C11H18BrN3O2S/c1-2-13-7-3-4-8-18(16,17)15-11-6-5-10(12)9-14-11/h5-6,9,13H,2-4,7-8H2,1H3,(H,14,15). The number of nitrogens with zero attached hydrogens (tertiary/aromatic N) is 1. The normalized spacial score (nSPS) is 11.4. The van der Waals surface area contributed by atoms with Gasteiger partial charge in [0.25, 0.3) is 0 Å². The number of anilines is 1. The highest BCUT2D eigenvalue weighted by Crippen LogP contribution is 2.12. The van der Waals surface area contributed by atoms with E-state index in [2.05, 4.69) is 31.0 Å². The fraction of sp³-hybridized carbons (Fsp3) is 0.545. The lowest BCUT2D eigenvalue weighted by molar-refractivity contribution is 0.593. The summed E-state index contributed by atoms with van der Waals surface area (Å²) >= 11 is 3.24. The lowest BCUT2D eigenvalue weighted by Crippen LogP contribution is -2.19. The summed E-state index contributed by atoms with van der Waals surface area (Å²) in [7, 11) is -3.29. The number of rotatable bonds is 8. The molecule has 0 radical (unpaired) electrons. The molecule has 5 nitrogen and oxygen atoms in total. The molecule has 2 N–H and O–H groups in total. The number of halogens is 1. The van der Waals surface area contributed by atoms with Crippen LogP contribution in [0.15, 0.2) is 22.8 Å². The molecule has 0 amide bonds. The molecule has 0 aliphatic heterocycles. The molecule has 1 aromatic heterocycles. The summed E-state index contributed by atoms with van der Waals surface area (Å²) in [5.41, 5.74) is 0. The van der Waals surface area contributed by atoms with Crippen molar-refractivity contribution in [1.29, 1.82) is 0 Å². The fourth-order valence-electron chi connectivity index (χ4n) is 1.37. The van der Waals surface area contributed by atoms with Crippen LogP contribution >= 0.6 is 15.9 Å². The van der Waals surface area contributed by atoms with Crippen LogP contribution in [0.5, 0.6) is 0 Å². The molecule has 0 aliphatic rings. The first-order chi connectivity index (χ1) is 8.53. The quantitative estimate of drug-likeness (QED) is 0.712. The van der Waals surface area contributed by atoms with Crippen molar-refractivity contribution >= 4 is 31.8 Å². The zero-order chi connectivity index (χ0) is 13.4. The van der Waals surface area contributed by atoms with Crippen molar-refractivity contribution in [1.82, 2.24) is 10.3 Å². The van der Waals surface area contributed by atoms with Crippen LogP contribution in [-0.4, -0.2) is 32.2 Å². The summed E-state index contributed by atoms with van der Waals surface area (Å²) in [6, 6.07) is 3.37. The van der Waals surface area contributed by atoms with Crippen molar-refractivity contribution in [2.24, 2.45) is 0 Å². The van der Waals surface area contributed by atoms with Crippen LogP contribution in [0.4, 0.5) is 5.82 Å². The third-order valence-electron chi connectivity index (χ3n) is 2.25. The Kier molecular flexibility index (Phi) is 6.59. The Labute approximate surface area is 117 Å². The van der Waals surface area contributed by atoms with Gasteiger partial charge in [-0.15, -0.1) is 0 Å². The van der Waals surface area contributed by atoms with E-state index in [0.29, 0.717) is 12.2 Å². The summed E-state index contributed by atoms with van der Waals surface area (Å²) in [6.45, 7) is 3.79. The fourth-order valence-corrected chi connectivity index (χ4v) is 2.73. The summed E-state index contributed by atoms with van der Waals surface area (Å²) in [6.07, 6.45) is 3.05. The van der Waals surface area contributed by atoms with Gasteiger partial charge in [0.15, 0.2) is 0 Å². The highest BCUT2D eigenvalue weighted by Gasteiger charge is 2.10. The molecule has 1 heterocycles. The monoisotopic (exact) mass is 335 g/mol. The second-order valence-electron chi connectivity index (χ2n) is 3.84. The molecule has 0 aliphatic carbocycles. The van der Waals surface area contributed by atoms with Crippen molar-refractivity contribution in [2.75, 3.05) is 23.6 Å². The largest absolute Gasteiger partial charge is 0.317 e. The van der Waals surface area contributed by atoms with Crippen LogP contribution in [0.25, 0.3) is 0 Å². The van der Waals surface area contributed by atoms with Gasteiger partial charge in [0, 0.05) is 10.7 Å². The summed E-state index contributed by atoms with van der Waals surface area (Å²) < 4.78 is 26.7. The minimum atomic E-state index is -3.29. The van der Waals surface area contributed by atoms with Crippen LogP contribution < -0.4 is 10.0 Å². The first-order valence-corrected chi connectivity index (χ1v) is 8.31. The molecule has 0 saturated heterocycles. The molecule has 7 heteroatoms. The van der Waals surface area contributed by atoms with Crippen LogP contribution in [0.3, 0.4) is 0 Å². The highest BCUT2D eigenvalue weighted by atomic mass is 79.9. The van der Waals surface area contributed by atoms with Crippen molar-refractivity contribution < 1.29 is 8.42 Å². The molecule has 0 aromatic carbocycles. The molecule has 0 bridgehead atoms. The van der Waals surface area contributed by atoms with Crippen molar-refractivity contribution in [3.05, 3.63) is 22.8 Å². The number of hydrogen-bond acceptors (Lipinski definition) is 4. The Morgan fingerprint density at radius 3 is 2.72 bits per heavy atom. The van der Waals surface area contributed by atoms with Gasteiger partial charge in [-0.25, -0.2) is 13.4 Å². The third kappa shape index (κ3) is 6.32. The van der Waals surface area contributed by atoms with E-state index in [1.807, 2.05) is 6.92 Å². The van der Waals surface area contributed by atoms with Crippen LogP contribution in [0.1, 0.15) is 19.8 Å². The highest BCUT2D eigenvalue weighted by molar-refractivity contribution is 9.10. The molecular weight excluding hydrogens is 318 g/mol. The summed E-state index contributed by atoms with van der Waals surface area (Å²) in [5, 5.41) is 3.16. The van der Waals surface area contributed by atoms with E-state index in [4.69, 9.17) is 0 Å². The van der Waals surface area contributed by atoms with Gasteiger partial charge in [0.2, 0.25) is 10.0 Å². The number of aromatic nitrogens is 1. The van der Waals surface area contributed by atoms with Crippen LogP contribution in [-0.2, 0) is 10.0 Å². The third-order valence-corrected chi connectivity index (χ3v) is 4.07. The number of sulfonamides is 1. The number of unbranched alkanes of at least 4 members (excludes halogenated alkanes) is 1. The Morgan fingerprint density at radius 1 is 1.33 bits per heavy atom. The second kappa shape index (κ2) is 7.70.